The first-order chi connectivity index (χ1) is 5.95. The molecule has 0 heterocycles. The Morgan fingerprint density at radius 2 is 1.92 bits per heavy atom. The summed E-state index contributed by atoms with van der Waals surface area (Å²) in [6.45, 7) is 6.34. The van der Waals surface area contributed by atoms with E-state index in [1.165, 1.54) is 0 Å². The first kappa shape index (κ1) is 9.78. The largest absolute Gasteiger partial charge is 0.398 e. The molecule has 0 bridgehead atoms. The van der Waals surface area contributed by atoms with E-state index >= 15 is 0 Å². The van der Waals surface area contributed by atoms with Crippen LogP contribution in [-0.2, 0) is 5.41 Å². The molecule has 0 unspecified atom stereocenters. The number of nitrogens with two attached hydrogens (primary N) is 1. The van der Waals surface area contributed by atoms with E-state index < -0.39 is 0 Å². The van der Waals surface area contributed by atoms with Gasteiger partial charge in [0.2, 0.25) is 0 Å². The van der Waals surface area contributed by atoms with E-state index in [1.54, 1.807) is 6.07 Å². The highest BCUT2D eigenvalue weighted by molar-refractivity contribution is 5.83. The highest BCUT2D eigenvalue weighted by Gasteiger charge is 2.14. The lowest BCUT2D eigenvalue weighted by molar-refractivity contribution is 0.112. The second-order valence-corrected chi connectivity index (χ2v) is 4.21. The fourth-order valence-electron chi connectivity index (χ4n) is 1.15. The number of anilines is 1. The number of aldehydes is 1. The van der Waals surface area contributed by atoms with Crippen molar-refractivity contribution >= 4 is 12.0 Å². The number of carbonyl (C=O) groups is 1. The van der Waals surface area contributed by atoms with Crippen molar-refractivity contribution in [1.29, 1.82) is 0 Å². The van der Waals surface area contributed by atoms with Crippen LogP contribution in [0.5, 0.6) is 0 Å². The standard InChI is InChI=1S/C11H15NO/c1-11(2,3)9-5-4-8(7-13)10(12)6-9/h4-7H,12H2,1-3H3. The fourth-order valence-corrected chi connectivity index (χ4v) is 1.15. The summed E-state index contributed by atoms with van der Waals surface area (Å²) in [4.78, 5) is 10.5. The van der Waals surface area contributed by atoms with Crippen LogP contribution >= 0.6 is 0 Å². The molecule has 0 aliphatic heterocycles. The molecule has 13 heavy (non-hydrogen) atoms. The SMILES string of the molecule is CC(C)(C)c1ccc(C=O)c(N)c1. The van der Waals surface area contributed by atoms with Crippen molar-refractivity contribution in [2.45, 2.75) is 26.2 Å². The lowest BCUT2D eigenvalue weighted by atomic mass is 9.86. The molecule has 0 saturated carbocycles. The van der Waals surface area contributed by atoms with Gasteiger partial charge in [0.1, 0.15) is 0 Å². The number of hydrogen-bond donors (Lipinski definition) is 1. The van der Waals surface area contributed by atoms with Crippen molar-refractivity contribution < 1.29 is 4.79 Å². The summed E-state index contributed by atoms with van der Waals surface area (Å²) in [5, 5.41) is 0. The maximum Gasteiger partial charge on any atom is 0.152 e. The van der Waals surface area contributed by atoms with Crippen LogP contribution in [0.2, 0.25) is 0 Å². The molecule has 0 amide bonds. The molecule has 0 fully saturated rings. The van der Waals surface area contributed by atoms with Crippen molar-refractivity contribution in [3.05, 3.63) is 29.3 Å². The van der Waals surface area contributed by atoms with E-state index in [0.717, 1.165) is 11.8 Å². The van der Waals surface area contributed by atoms with E-state index in [0.29, 0.717) is 11.3 Å². The lowest BCUT2D eigenvalue weighted by Crippen LogP contribution is -2.11. The van der Waals surface area contributed by atoms with Gasteiger partial charge in [0, 0.05) is 11.3 Å². The van der Waals surface area contributed by atoms with Crippen molar-refractivity contribution in [2.24, 2.45) is 0 Å². The van der Waals surface area contributed by atoms with E-state index in [9.17, 15) is 4.79 Å². The molecule has 0 saturated heterocycles. The molecule has 0 aromatic heterocycles. The van der Waals surface area contributed by atoms with Crippen molar-refractivity contribution in [3.63, 3.8) is 0 Å². The zero-order valence-electron chi connectivity index (χ0n) is 8.29. The van der Waals surface area contributed by atoms with Crippen LogP contribution in [0.4, 0.5) is 5.69 Å². The molecule has 70 valence electrons. The Morgan fingerprint density at radius 3 is 2.31 bits per heavy atom. The smallest absolute Gasteiger partial charge is 0.152 e. The van der Waals surface area contributed by atoms with Crippen LogP contribution in [0.25, 0.3) is 0 Å². The quantitative estimate of drug-likeness (QED) is 0.528. The Hall–Kier alpha value is -1.31. The summed E-state index contributed by atoms with van der Waals surface area (Å²) >= 11 is 0. The van der Waals surface area contributed by atoms with E-state index in [4.69, 9.17) is 5.73 Å². The summed E-state index contributed by atoms with van der Waals surface area (Å²) in [6.07, 6.45) is 0.780. The predicted octanol–water partition coefficient (Wildman–Crippen LogP) is 2.38. The minimum atomic E-state index is 0.0789. The first-order valence-corrected chi connectivity index (χ1v) is 4.30. The Morgan fingerprint density at radius 1 is 1.31 bits per heavy atom. The topological polar surface area (TPSA) is 43.1 Å². The van der Waals surface area contributed by atoms with Crippen LogP contribution in [0, 0.1) is 0 Å². The van der Waals surface area contributed by atoms with E-state index in [1.807, 2.05) is 12.1 Å². The van der Waals surface area contributed by atoms with Gasteiger partial charge in [-0.25, -0.2) is 0 Å². The lowest BCUT2D eigenvalue weighted by Gasteiger charge is -2.19. The van der Waals surface area contributed by atoms with Gasteiger partial charge in [-0.1, -0.05) is 26.8 Å². The van der Waals surface area contributed by atoms with E-state index in [2.05, 4.69) is 20.8 Å². The monoisotopic (exact) mass is 177 g/mol. The van der Waals surface area contributed by atoms with Gasteiger partial charge in [-0.05, 0) is 23.1 Å². The molecule has 2 N–H and O–H groups in total. The number of hydrogen-bond acceptors (Lipinski definition) is 2. The zero-order chi connectivity index (χ0) is 10.1. The highest BCUT2D eigenvalue weighted by Crippen LogP contribution is 2.24. The third-order valence-electron chi connectivity index (χ3n) is 2.08. The molecule has 1 aromatic carbocycles. The van der Waals surface area contributed by atoms with Crippen LogP contribution in [0.15, 0.2) is 18.2 Å². The van der Waals surface area contributed by atoms with Gasteiger partial charge in [0.15, 0.2) is 6.29 Å². The molecule has 0 aliphatic rings. The maximum absolute atomic E-state index is 10.5. The zero-order valence-corrected chi connectivity index (χ0v) is 8.29. The second kappa shape index (κ2) is 3.21. The molecule has 2 nitrogen and oxygen atoms in total. The number of benzene rings is 1. The summed E-state index contributed by atoms with van der Waals surface area (Å²) in [7, 11) is 0. The predicted molar refractivity (Wildman–Crippen MR) is 54.9 cm³/mol. The van der Waals surface area contributed by atoms with Crippen molar-refractivity contribution in [3.8, 4) is 0 Å². The van der Waals surface area contributed by atoms with Gasteiger partial charge < -0.3 is 5.73 Å². The molecule has 0 atom stereocenters. The van der Waals surface area contributed by atoms with Crippen LogP contribution in [0.3, 0.4) is 0 Å². The first-order valence-electron chi connectivity index (χ1n) is 4.30. The van der Waals surface area contributed by atoms with Gasteiger partial charge in [0.05, 0.1) is 0 Å². The number of rotatable bonds is 1. The van der Waals surface area contributed by atoms with Crippen molar-refractivity contribution in [2.75, 3.05) is 5.73 Å². The third kappa shape index (κ3) is 2.08. The molecule has 0 aliphatic carbocycles. The number of nitrogen functional groups attached to an aromatic ring is 1. The van der Waals surface area contributed by atoms with E-state index in [-0.39, 0.29) is 5.41 Å². The fraction of sp³-hybridized carbons (Fsp3) is 0.364. The normalized spacial score (nSPS) is 11.3. The highest BCUT2D eigenvalue weighted by atomic mass is 16.1. The van der Waals surface area contributed by atoms with Crippen LogP contribution < -0.4 is 5.73 Å². The summed E-state index contributed by atoms with van der Waals surface area (Å²) < 4.78 is 0. The molecule has 0 spiro atoms. The summed E-state index contributed by atoms with van der Waals surface area (Å²) in [5.74, 6) is 0. The third-order valence-corrected chi connectivity index (χ3v) is 2.08. The average molecular weight is 177 g/mol. The molecule has 2 heteroatoms. The van der Waals surface area contributed by atoms with Crippen LogP contribution in [0.1, 0.15) is 36.7 Å². The van der Waals surface area contributed by atoms with Crippen LogP contribution in [-0.4, -0.2) is 6.29 Å². The minimum Gasteiger partial charge on any atom is -0.398 e. The van der Waals surface area contributed by atoms with Gasteiger partial charge in [-0.3, -0.25) is 4.79 Å². The van der Waals surface area contributed by atoms with Gasteiger partial charge in [-0.2, -0.15) is 0 Å². The second-order valence-electron chi connectivity index (χ2n) is 4.21. The van der Waals surface area contributed by atoms with Gasteiger partial charge in [0.25, 0.3) is 0 Å². The Bertz CT molecular complexity index is 323. The Labute approximate surface area is 78.8 Å². The Kier molecular flexibility index (Phi) is 2.41. The summed E-state index contributed by atoms with van der Waals surface area (Å²) in [5.41, 5.74) is 8.05. The molecule has 0 radical (unpaired) electrons. The molecule has 1 rings (SSSR count). The maximum atomic E-state index is 10.5. The average Bonchev–Trinajstić information content (AvgIpc) is 2.02. The van der Waals surface area contributed by atoms with Gasteiger partial charge in [-0.15, -0.1) is 0 Å². The minimum absolute atomic E-state index is 0.0789. The van der Waals surface area contributed by atoms with Crippen molar-refractivity contribution in [1.82, 2.24) is 0 Å². The Balaban J connectivity index is 3.17. The molecular weight excluding hydrogens is 162 g/mol. The molecule has 1 aromatic rings. The summed E-state index contributed by atoms with van der Waals surface area (Å²) in [6, 6.07) is 5.58. The van der Waals surface area contributed by atoms with Gasteiger partial charge >= 0.3 is 0 Å². The molecular formula is C11H15NO. The number of carbonyl (C=O) groups excluding carboxylic acids is 1.